The summed E-state index contributed by atoms with van der Waals surface area (Å²) in [5.41, 5.74) is 0. The van der Waals surface area contributed by atoms with E-state index in [9.17, 15) is 0 Å². The maximum Gasteiger partial charge on any atom is 0.262 e. The number of rotatable bonds is 3. The van der Waals surface area contributed by atoms with Crippen molar-refractivity contribution in [3.63, 3.8) is 0 Å². The third-order valence-electron chi connectivity index (χ3n) is 1.33. The molecule has 0 atom stereocenters. The molecule has 1 heterocycles. The third-order valence-corrected chi connectivity index (χ3v) is 1.33. The summed E-state index contributed by atoms with van der Waals surface area (Å²) in [6.07, 6.45) is 8.26. The molecule has 10 heavy (non-hydrogen) atoms. The zero-order valence-corrected chi connectivity index (χ0v) is 5.88. The van der Waals surface area contributed by atoms with Gasteiger partial charge < -0.3 is 0 Å². The fraction of sp³-hybridized carbons (Fsp3) is 0.125. The summed E-state index contributed by atoms with van der Waals surface area (Å²) in [6, 6.07) is 0. The molecule has 1 aromatic heterocycles. The Morgan fingerprint density at radius 3 is 3.00 bits per heavy atom. The van der Waals surface area contributed by atoms with E-state index in [4.69, 9.17) is 0 Å². The molecular formula is C8H11N2+. The number of allylic oxidation sites excluding steroid dienone is 1. The highest BCUT2D eigenvalue weighted by Crippen LogP contribution is 1.87. The van der Waals surface area contributed by atoms with E-state index in [1.54, 1.807) is 6.20 Å². The van der Waals surface area contributed by atoms with Crippen LogP contribution in [0.4, 0.5) is 0 Å². The molecule has 0 radical (unpaired) electrons. The lowest BCUT2D eigenvalue weighted by molar-refractivity contribution is -0.574. The molecule has 0 unspecified atom stereocenters. The van der Waals surface area contributed by atoms with E-state index in [1.807, 2.05) is 23.0 Å². The molecule has 1 N–H and O–H groups in total. The zero-order chi connectivity index (χ0) is 7.40. The van der Waals surface area contributed by atoms with Crippen LogP contribution in [0.25, 0.3) is 6.20 Å². The lowest BCUT2D eigenvalue weighted by Gasteiger charge is -1.86. The Morgan fingerprint density at radius 1 is 1.60 bits per heavy atom. The van der Waals surface area contributed by atoms with Crippen LogP contribution in [0.15, 0.2) is 31.6 Å². The Hall–Kier alpha value is -1.31. The second-order valence-electron chi connectivity index (χ2n) is 1.99. The Morgan fingerprint density at radius 2 is 2.40 bits per heavy atom. The first-order chi connectivity index (χ1) is 4.88. The molecular weight excluding hydrogens is 124 g/mol. The third kappa shape index (κ3) is 1.16. The molecule has 0 aliphatic rings. The van der Waals surface area contributed by atoms with Crippen molar-refractivity contribution in [3.05, 3.63) is 37.5 Å². The normalized spacial score (nSPS) is 9.20. The molecule has 0 saturated heterocycles. The SMILES string of the molecule is C=CCc1[nH]cc[n+]1C=C. The molecule has 0 fully saturated rings. The van der Waals surface area contributed by atoms with Crippen LogP contribution in [-0.4, -0.2) is 4.98 Å². The molecule has 0 spiro atoms. The Bertz CT molecular complexity index is 235. The van der Waals surface area contributed by atoms with Gasteiger partial charge in [0.2, 0.25) is 0 Å². The molecule has 2 nitrogen and oxygen atoms in total. The van der Waals surface area contributed by atoms with E-state index < -0.39 is 0 Å². The van der Waals surface area contributed by atoms with Crippen LogP contribution in [0.3, 0.4) is 0 Å². The number of hydrogen-bond acceptors (Lipinski definition) is 0. The van der Waals surface area contributed by atoms with E-state index in [0.29, 0.717) is 0 Å². The first kappa shape index (κ1) is 6.81. The molecule has 52 valence electrons. The highest BCUT2D eigenvalue weighted by atomic mass is 15.0. The van der Waals surface area contributed by atoms with Gasteiger partial charge in [0.05, 0.1) is 12.6 Å². The number of nitrogens with one attached hydrogen (secondary N) is 1. The van der Waals surface area contributed by atoms with Crippen molar-refractivity contribution in [2.24, 2.45) is 0 Å². The Balaban J connectivity index is 2.89. The van der Waals surface area contributed by atoms with Gasteiger partial charge in [0, 0.05) is 0 Å². The molecule has 0 aliphatic carbocycles. The lowest BCUT2D eigenvalue weighted by atomic mass is 10.4. The number of H-pyrrole nitrogens is 1. The summed E-state index contributed by atoms with van der Waals surface area (Å²) >= 11 is 0. The van der Waals surface area contributed by atoms with Gasteiger partial charge in [0.25, 0.3) is 5.82 Å². The summed E-state index contributed by atoms with van der Waals surface area (Å²) in [4.78, 5) is 3.08. The van der Waals surface area contributed by atoms with Gasteiger partial charge in [-0.25, -0.2) is 9.55 Å². The predicted molar refractivity (Wildman–Crippen MR) is 41.3 cm³/mol. The van der Waals surface area contributed by atoms with Gasteiger partial charge >= 0.3 is 0 Å². The lowest BCUT2D eigenvalue weighted by Crippen LogP contribution is -2.27. The van der Waals surface area contributed by atoms with Crippen LogP contribution in [0, 0.1) is 0 Å². The first-order valence-corrected chi connectivity index (χ1v) is 3.19. The van der Waals surface area contributed by atoms with Crippen LogP contribution in [0.2, 0.25) is 0 Å². The molecule has 2 heteroatoms. The maximum absolute atomic E-state index is 3.65. The average Bonchev–Trinajstić information content (AvgIpc) is 2.36. The van der Waals surface area contributed by atoms with Crippen LogP contribution >= 0.6 is 0 Å². The molecule has 0 aromatic carbocycles. The van der Waals surface area contributed by atoms with Crippen LogP contribution in [0.5, 0.6) is 0 Å². The van der Waals surface area contributed by atoms with E-state index >= 15 is 0 Å². The van der Waals surface area contributed by atoms with Gasteiger partial charge in [-0.15, -0.1) is 6.58 Å². The molecule has 0 aliphatic heterocycles. The van der Waals surface area contributed by atoms with Crippen LogP contribution in [-0.2, 0) is 6.42 Å². The van der Waals surface area contributed by atoms with Crippen molar-refractivity contribution in [1.82, 2.24) is 4.98 Å². The number of aromatic nitrogens is 2. The van der Waals surface area contributed by atoms with Crippen LogP contribution < -0.4 is 4.57 Å². The van der Waals surface area contributed by atoms with Crippen molar-refractivity contribution >= 4 is 6.20 Å². The van der Waals surface area contributed by atoms with Gasteiger partial charge in [-0.05, 0) is 0 Å². The minimum Gasteiger partial charge on any atom is -0.247 e. The standard InChI is InChI=1S/C8H10N2/c1-3-5-8-9-6-7-10(8)4-2/h3-4,6-7H,1-2,5H2/p+1. The summed E-state index contributed by atoms with van der Waals surface area (Å²) in [6.45, 7) is 7.30. The highest BCUT2D eigenvalue weighted by molar-refractivity contribution is 4.99. The van der Waals surface area contributed by atoms with E-state index in [2.05, 4.69) is 18.1 Å². The summed E-state index contributed by atoms with van der Waals surface area (Å²) < 4.78 is 1.93. The fourth-order valence-corrected chi connectivity index (χ4v) is 0.850. The van der Waals surface area contributed by atoms with Crippen molar-refractivity contribution in [2.75, 3.05) is 0 Å². The number of aromatic amines is 1. The summed E-state index contributed by atoms with van der Waals surface area (Å²) in [5, 5.41) is 0. The average molecular weight is 135 g/mol. The monoisotopic (exact) mass is 135 g/mol. The number of imidazole rings is 1. The quantitative estimate of drug-likeness (QED) is 0.473. The largest absolute Gasteiger partial charge is 0.262 e. The minimum absolute atomic E-state index is 0.846. The van der Waals surface area contributed by atoms with Gasteiger partial charge in [-0.1, -0.05) is 12.7 Å². The molecule has 1 rings (SSSR count). The minimum atomic E-state index is 0.846. The van der Waals surface area contributed by atoms with Gasteiger partial charge in [-0.3, -0.25) is 0 Å². The predicted octanol–water partition coefficient (Wildman–Crippen LogP) is 1.13. The number of nitrogens with zero attached hydrogens (tertiary/aromatic N) is 1. The maximum atomic E-state index is 3.65. The van der Waals surface area contributed by atoms with Gasteiger partial charge in [-0.2, -0.15) is 0 Å². The second-order valence-corrected chi connectivity index (χ2v) is 1.99. The van der Waals surface area contributed by atoms with E-state index in [1.165, 1.54) is 0 Å². The van der Waals surface area contributed by atoms with Crippen molar-refractivity contribution in [2.45, 2.75) is 6.42 Å². The van der Waals surface area contributed by atoms with E-state index in [0.717, 1.165) is 12.2 Å². The van der Waals surface area contributed by atoms with Gasteiger partial charge in [0.15, 0.2) is 0 Å². The summed E-state index contributed by atoms with van der Waals surface area (Å²) in [5.74, 6) is 1.10. The number of hydrogen-bond donors (Lipinski definition) is 1. The first-order valence-electron chi connectivity index (χ1n) is 3.19. The molecule has 1 aromatic rings. The Kier molecular flexibility index (Phi) is 2.05. The van der Waals surface area contributed by atoms with Crippen LogP contribution in [0.1, 0.15) is 5.82 Å². The van der Waals surface area contributed by atoms with Crippen molar-refractivity contribution in [3.8, 4) is 0 Å². The molecule has 0 saturated carbocycles. The highest BCUT2D eigenvalue weighted by Gasteiger charge is 2.02. The smallest absolute Gasteiger partial charge is 0.247 e. The van der Waals surface area contributed by atoms with Crippen molar-refractivity contribution in [1.29, 1.82) is 0 Å². The summed E-state index contributed by atoms with van der Waals surface area (Å²) in [7, 11) is 0. The fourth-order valence-electron chi connectivity index (χ4n) is 0.850. The molecule has 0 bridgehead atoms. The second kappa shape index (κ2) is 3.01. The van der Waals surface area contributed by atoms with E-state index in [-0.39, 0.29) is 0 Å². The zero-order valence-electron chi connectivity index (χ0n) is 5.88. The van der Waals surface area contributed by atoms with Crippen molar-refractivity contribution < 1.29 is 4.57 Å². The molecule has 0 amide bonds. The Labute approximate surface area is 60.5 Å². The topological polar surface area (TPSA) is 19.7 Å². The van der Waals surface area contributed by atoms with Gasteiger partial charge in [0.1, 0.15) is 12.4 Å².